The minimum atomic E-state index is -1.00. The van der Waals surface area contributed by atoms with Gasteiger partial charge in [-0.15, -0.1) is 0 Å². The fraction of sp³-hybridized carbons (Fsp3) is 0.0370. The van der Waals surface area contributed by atoms with Crippen molar-refractivity contribution in [2.45, 2.75) is 5.60 Å². The molecule has 0 amide bonds. The molecular weight excluding hydrogens is 472 g/mol. The zero-order valence-electron chi connectivity index (χ0n) is 16.7. The van der Waals surface area contributed by atoms with Crippen LogP contribution in [0, 0.1) is 11.6 Å². The van der Waals surface area contributed by atoms with Gasteiger partial charge in [0.25, 0.3) is 0 Å². The highest BCUT2D eigenvalue weighted by atomic mass is 79.9. The first-order valence-electron chi connectivity index (χ1n) is 10.2. The Kier molecular flexibility index (Phi) is 4.24. The van der Waals surface area contributed by atoms with Gasteiger partial charge in [-0.1, -0.05) is 46.3 Å². The van der Waals surface area contributed by atoms with Gasteiger partial charge in [0.2, 0.25) is 0 Å². The molecule has 0 saturated carbocycles. The van der Waals surface area contributed by atoms with Gasteiger partial charge in [-0.25, -0.2) is 8.78 Å². The van der Waals surface area contributed by atoms with Crippen LogP contribution in [0.3, 0.4) is 0 Å². The maximum absolute atomic E-state index is 13.7. The molecule has 0 spiro atoms. The maximum Gasteiger partial charge on any atom is 0.178 e. The van der Waals surface area contributed by atoms with Gasteiger partial charge < -0.3 is 9.72 Å². The molecule has 1 aliphatic rings. The highest BCUT2D eigenvalue weighted by Crippen LogP contribution is 2.45. The molecule has 1 aromatic heterocycles. The predicted molar refractivity (Wildman–Crippen MR) is 127 cm³/mol. The van der Waals surface area contributed by atoms with Gasteiger partial charge >= 0.3 is 0 Å². The molecule has 4 aromatic carbocycles. The normalized spacial score (nSPS) is 14.5. The largest absolute Gasteiger partial charge is 0.473 e. The van der Waals surface area contributed by atoms with Gasteiger partial charge in [-0.2, -0.15) is 0 Å². The number of nitrogens with one attached hydrogen (secondary N) is 1. The van der Waals surface area contributed by atoms with E-state index in [9.17, 15) is 8.78 Å². The van der Waals surface area contributed by atoms with Crippen molar-refractivity contribution in [3.8, 4) is 5.75 Å². The fourth-order valence-corrected chi connectivity index (χ4v) is 4.84. The summed E-state index contributed by atoms with van der Waals surface area (Å²) in [4.78, 5) is 3.51. The second-order valence-corrected chi connectivity index (χ2v) is 8.82. The molecule has 5 heteroatoms. The van der Waals surface area contributed by atoms with Crippen molar-refractivity contribution in [1.82, 2.24) is 4.98 Å². The quantitative estimate of drug-likeness (QED) is 0.271. The van der Waals surface area contributed by atoms with E-state index in [1.165, 1.54) is 24.3 Å². The zero-order valence-corrected chi connectivity index (χ0v) is 18.3. The molecule has 5 aromatic rings. The van der Waals surface area contributed by atoms with Crippen LogP contribution in [0.1, 0.15) is 16.7 Å². The van der Waals surface area contributed by atoms with Crippen LogP contribution in [0.15, 0.2) is 89.4 Å². The molecule has 0 fully saturated rings. The van der Waals surface area contributed by atoms with E-state index in [-0.39, 0.29) is 11.6 Å². The number of hydrogen-bond acceptors (Lipinski definition) is 1. The van der Waals surface area contributed by atoms with Gasteiger partial charge in [0.05, 0.1) is 5.52 Å². The first kappa shape index (κ1) is 19.3. The second kappa shape index (κ2) is 7.04. The lowest BCUT2D eigenvalue weighted by Crippen LogP contribution is -2.34. The average Bonchev–Trinajstić information content (AvgIpc) is 3.17. The van der Waals surface area contributed by atoms with Crippen molar-refractivity contribution in [1.29, 1.82) is 0 Å². The SMILES string of the molecule is Fc1ccc(C2(c3ccc(F)cc3)C=Cc3c(ccc4c3[nH]c3cc(Br)ccc34)O2)cc1. The molecule has 0 unspecified atom stereocenters. The summed E-state index contributed by atoms with van der Waals surface area (Å²) in [6.07, 6.45) is 3.98. The number of aromatic nitrogens is 1. The van der Waals surface area contributed by atoms with E-state index in [1.54, 1.807) is 24.3 Å². The highest BCUT2D eigenvalue weighted by Gasteiger charge is 2.37. The van der Waals surface area contributed by atoms with Crippen molar-refractivity contribution in [2.75, 3.05) is 0 Å². The lowest BCUT2D eigenvalue weighted by molar-refractivity contribution is 0.161. The number of hydrogen-bond donors (Lipinski definition) is 1. The molecule has 0 aliphatic carbocycles. The third-order valence-corrected chi connectivity index (χ3v) is 6.53. The zero-order chi connectivity index (χ0) is 21.9. The molecule has 0 radical (unpaired) electrons. The van der Waals surface area contributed by atoms with Crippen molar-refractivity contribution < 1.29 is 13.5 Å². The Bertz CT molecular complexity index is 1470. The second-order valence-electron chi connectivity index (χ2n) is 7.90. The summed E-state index contributed by atoms with van der Waals surface area (Å²) in [5.41, 5.74) is 3.47. The molecule has 2 heterocycles. The predicted octanol–water partition coefficient (Wildman–Crippen LogP) is 7.71. The Hall–Kier alpha value is -3.44. The fourth-order valence-electron chi connectivity index (χ4n) is 4.48. The monoisotopic (exact) mass is 487 g/mol. The Morgan fingerprint density at radius 2 is 1.38 bits per heavy atom. The Morgan fingerprint density at radius 1 is 0.750 bits per heavy atom. The molecule has 1 aliphatic heterocycles. The Morgan fingerprint density at radius 3 is 2.03 bits per heavy atom. The molecule has 2 nitrogen and oxygen atoms in total. The van der Waals surface area contributed by atoms with Crippen LogP contribution in [0.5, 0.6) is 5.75 Å². The van der Waals surface area contributed by atoms with Gasteiger partial charge in [0, 0.05) is 37.5 Å². The summed E-state index contributed by atoms with van der Waals surface area (Å²) < 4.78 is 35.0. The molecule has 0 bridgehead atoms. The third-order valence-electron chi connectivity index (χ3n) is 6.04. The van der Waals surface area contributed by atoms with Crippen LogP contribution in [-0.2, 0) is 5.60 Å². The minimum Gasteiger partial charge on any atom is -0.473 e. The van der Waals surface area contributed by atoms with Crippen LogP contribution in [0.4, 0.5) is 8.78 Å². The van der Waals surface area contributed by atoms with Crippen LogP contribution < -0.4 is 4.74 Å². The van der Waals surface area contributed by atoms with E-state index in [1.807, 2.05) is 30.4 Å². The van der Waals surface area contributed by atoms with E-state index in [0.717, 1.165) is 43.0 Å². The lowest BCUT2D eigenvalue weighted by Gasteiger charge is -2.36. The van der Waals surface area contributed by atoms with E-state index >= 15 is 0 Å². The molecule has 0 atom stereocenters. The molecule has 0 saturated heterocycles. The van der Waals surface area contributed by atoms with Crippen LogP contribution in [-0.4, -0.2) is 4.98 Å². The van der Waals surface area contributed by atoms with Gasteiger partial charge in [0.15, 0.2) is 5.60 Å². The highest BCUT2D eigenvalue weighted by molar-refractivity contribution is 9.10. The first-order valence-corrected chi connectivity index (χ1v) is 11.0. The van der Waals surface area contributed by atoms with Gasteiger partial charge in [-0.3, -0.25) is 0 Å². The van der Waals surface area contributed by atoms with Crippen LogP contribution >= 0.6 is 15.9 Å². The third kappa shape index (κ3) is 2.88. The Labute approximate surface area is 191 Å². The van der Waals surface area contributed by atoms with E-state index in [0.29, 0.717) is 5.75 Å². The van der Waals surface area contributed by atoms with Crippen molar-refractivity contribution in [3.05, 3.63) is 118 Å². The molecule has 1 N–H and O–H groups in total. The summed E-state index contributed by atoms with van der Waals surface area (Å²) in [5, 5.41) is 2.24. The molecular formula is C27H16BrF2NO. The number of benzene rings is 4. The van der Waals surface area contributed by atoms with Crippen LogP contribution in [0.25, 0.3) is 27.9 Å². The molecule has 32 heavy (non-hydrogen) atoms. The number of halogens is 3. The van der Waals surface area contributed by atoms with Crippen molar-refractivity contribution >= 4 is 43.8 Å². The summed E-state index contributed by atoms with van der Waals surface area (Å²) in [7, 11) is 0. The van der Waals surface area contributed by atoms with Gasteiger partial charge in [-0.05, 0) is 60.7 Å². The summed E-state index contributed by atoms with van der Waals surface area (Å²) in [5.74, 6) is 0.0440. The molecule has 6 rings (SSSR count). The van der Waals surface area contributed by atoms with E-state index < -0.39 is 5.60 Å². The van der Waals surface area contributed by atoms with Crippen molar-refractivity contribution in [3.63, 3.8) is 0 Å². The minimum absolute atomic E-state index is 0.325. The number of ether oxygens (including phenoxy) is 1. The topological polar surface area (TPSA) is 25.0 Å². The average molecular weight is 488 g/mol. The first-order chi connectivity index (χ1) is 15.5. The number of rotatable bonds is 2. The maximum atomic E-state index is 13.7. The number of fused-ring (bicyclic) bond motifs is 5. The van der Waals surface area contributed by atoms with Gasteiger partial charge in [0.1, 0.15) is 17.4 Å². The van der Waals surface area contributed by atoms with E-state index in [2.05, 4.69) is 33.0 Å². The summed E-state index contributed by atoms with van der Waals surface area (Å²) >= 11 is 3.53. The number of H-pyrrole nitrogens is 1. The van der Waals surface area contributed by atoms with Crippen molar-refractivity contribution in [2.24, 2.45) is 0 Å². The Balaban J connectivity index is 1.57. The smallest absolute Gasteiger partial charge is 0.178 e. The van der Waals surface area contributed by atoms with Crippen LogP contribution in [0.2, 0.25) is 0 Å². The summed E-state index contributed by atoms with van der Waals surface area (Å²) in [6, 6.07) is 22.6. The van der Waals surface area contributed by atoms with E-state index in [4.69, 9.17) is 4.74 Å². The number of aromatic amines is 1. The lowest BCUT2D eigenvalue weighted by atomic mass is 9.83. The summed E-state index contributed by atoms with van der Waals surface area (Å²) in [6.45, 7) is 0. The standard InChI is InChI=1S/C27H16BrF2NO/c28-18-5-10-21-22-11-12-25-23(26(22)31-24(21)15-18)13-14-27(32-25,16-1-6-19(29)7-2-16)17-3-8-20(30)9-4-17/h1-15,31H. The molecule has 156 valence electrons.